The number of aliphatic hydroxyl groups is 2. The quantitative estimate of drug-likeness (QED) is 0.810. The lowest BCUT2D eigenvalue weighted by molar-refractivity contribution is 0.0761. The summed E-state index contributed by atoms with van der Waals surface area (Å²) in [5.41, 5.74) is 0. The number of hydrogen-bond acceptors (Lipinski definition) is 4. The summed E-state index contributed by atoms with van der Waals surface area (Å²) in [6.07, 6.45) is 1.47. The average molecular weight is 252 g/mol. The third kappa shape index (κ3) is 2.17. The maximum Gasteiger partial charge on any atom is 0.205 e. The van der Waals surface area contributed by atoms with Crippen LogP contribution < -0.4 is 0 Å². The SMILES string of the molecule is O=S(=O)(C1=CC=C[C@H](O)[C@H]1O)c1ccccc1. The fourth-order valence-corrected chi connectivity index (χ4v) is 3.12. The van der Waals surface area contributed by atoms with Gasteiger partial charge in [0, 0.05) is 0 Å². The highest BCUT2D eigenvalue weighted by molar-refractivity contribution is 7.95. The zero-order chi connectivity index (χ0) is 12.5. The van der Waals surface area contributed by atoms with Crippen molar-refractivity contribution >= 4 is 9.84 Å². The van der Waals surface area contributed by atoms with E-state index in [1.807, 2.05) is 0 Å². The van der Waals surface area contributed by atoms with Crippen molar-refractivity contribution in [3.05, 3.63) is 53.5 Å². The standard InChI is InChI=1S/C12H12O4S/c13-10-7-4-8-11(12(10)14)17(15,16)9-5-2-1-3-6-9/h1-8,10,12-14H/t10-,12+/m0/s1. The van der Waals surface area contributed by atoms with E-state index in [4.69, 9.17) is 0 Å². The van der Waals surface area contributed by atoms with E-state index in [-0.39, 0.29) is 9.80 Å². The largest absolute Gasteiger partial charge is 0.386 e. The molecule has 90 valence electrons. The van der Waals surface area contributed by atoms with Crippen LogP contribution in [0.3, 0.4) is 0 Å². The average Bonchev–Trinajstić information content (AvgIpc) is 2.33. The van der Waals surface area contributed by atoms with Gasteiger partial charge in [-0.05, 0) is 18.2 Å². The molecule has 0 aromatic heterocycles. The van der Waals surface area contributed by atoms with Gasteiger partial charge in [-0.1, -0.05) is 30.4 Å². The third-order valence-corrected chi connectivity index (χ3v) is 4.44. The van der Waals surface area contributed by atoms with Gasteiger partial charge in [0.15, 0.2) is 0 Å². The molecule has 0 radical (unpaired) electrons. The normalized spacial score (nSPS) is 24.5. The molecule has 2 rings (SSSR count). The molecule has 0 unspecified atom stereocenters. The summed E-state index contributed by atoms with van der Waals surface area (Å²) in [6.45, 7) is 0. The van der Waals surface area contributed by atoms with Crippen LogP contribution in [0.15, 0.2) is 58.4 Å². The molecule has 1 aromatic rings. The molecule has 0 fully saturated rings. The van der Waals surface area contributed by atoms with Gasteiger partial charge in [0.1, 0.15) is 12.2 Å². The van der Waals surface area contributed by atoms with E-state index in [0.29, 0.717) is 0 Å². The van der Waals surface area contributed by atoms with Crippen LogP contribution in [0.4, 0.5) is 0 Å². The van der Waals surface area contributed by atoms with E-state index in [9.17, 15) is 18.6 Å². The summed E-state index contributed by atoms with van der Waals surface area (Å²) in [5.74, 6) is 0. The molecule has 0 amide bonds. The fraction of sp³-hybridized carbons (Fsp3) is 0.167. The zero-order valence-electron chi connectivity index (χ0n) is 8.89. The van der Waals surface area contributed by atoms with E-state index >= 15 is 0 Å². The van der Waals surface area contributed by atoms with Crippen LogP contribution in [0.5, 0.6) is 0 Å². The third-order valence-electron chi connectivity index (χ3n) is 2.55. The van der Waals surface area contributed by atoms with Crippen molar-refractivity contribution in [3.63, 3.8) is 0 Å². The van der Waals surface area contributed by atoms with Gasteiger partial charge in [-0.2, -0.15) is 0 Å². The summed E-state index contributed by atoms with van der Waals surface area (Å²) < 4.78 is 24.3. The Bertz CT molecular complexity index is 557. The van der Waals surface area contributed by atoms with E-state index in [1.54, 1.807) is 18.2 Å². The molecule has 1 aliphatic rings. The first kappa shape index (κ1) is 12.0. The maximum atomic E-state index is 12.2. The van der Waals surface area contributed by atoms with Gasteiger partial charge in [-0.25, -0.2) is 8.42 Å². The first-order valence-electron chi connectivity index (χ1n) is 5.08. The molecule has 0 bridgehead atoms. The van der Waals surface area contributed by atoms with Crippen LogP contribution in [-0.2, 0) is 9.84 Å². The molecule has 0 heterocycles. The molecule has 1 aromatic carbocycles. The predicted octanol–water partition coefficient (Wildman–Crippen LogP) is 0.636. The van der Waals surface area contributed by atoms with Crippen molar-refractivity contribution in [1.29, 1.82) is 0 Å². The van der Waals surface area contributed by atoms with Crippen molar-refractivity contribution in [2.75, 3.05) is 0 Å². The summed E-state index contributed by atoms with van der Waals surface area (Å²) in [5, 5.41) is 19.1. The second-order valence-electron chi connectivity index (χ2n) is 3.71. The molecule has 17 heavy (non-hydrogen) atoms. The zero-order valence-corrected chi connectivity index (χ0v) is 9.71. The Hall–Kier alpha value is -1.43. The van der Waals surface area contributed by atoms with Crippen molar-refractivity contribution in [3.8, 4) is 0 Å². The number of benzene rings is 1. The van der Waals surface area contributed by atoms with Crippen LogP contribution in [-0.4, -0.2) is 30.8 Å². The minimum absolute atomic E-state index is 0.104. The Kier molecular flexibility index (Phi) is 3.15. The van der Waals surface area contributed by atoms with Gasteiger partial charge in [0.05, 0.1) is 9.80 Å². The molecule has 5 heteroatoms. The van der Waals surface area contributed by atoms with E-state index in [1.165, 1.54) is 30.4 Å². The van der Waals surface area contributed by atoms with E-state index < -0.39 is 22.0 Å². The van der Waals surface area contributed by atoms with Crippen LogP contribution in [0.1, 0.15) is 0 Å². The fourth-order valence-electron chi connectivity index (χ4n) is 1.62. The Morgan fingerprint density at radius 1 is 1.06 bits per heavy atom. The van der Waals surface area contributed by atoms with E-state index in [0.717, 1.165) is 0 Å². The molecule has 0 saturated carbocycles. The highest BCUT2D eigenvalue weighted by Crippen LogP contribution is 2.25. The van der Waals surface area contributed by atoms with Gasteiger partial charge in [-0.15, -0.1) is 0 Å². The lowest BCUT2D eigenvalue weighted by atomic mass is 10.1. The molecule has 0 aliphatic heterocycles. The van der Waals surface area contributed by atoms with Gasteiger partial charge in [-0.3, -0.25) is 0 Å². The second-order valence-corrected chi connectivity index (χ2v) is 5.66. The Balaban J connectivity index is 2.48. The number of rotatable bonds is 2. The molecule has 2 N–H and O–H groups in total. The summed E-state index contributed by atoms with van der Waals surface area (Å²) >= 11 is 0. The molecule has 0 spiro atoms. The summed E-state index contributed by atoms with van der Waals surface area (Å²) in [4.78, 5) is -0.0773. The van der Waals surface area contributed by atoms with Crippen LogP contribution in [0.2, 0.25) is 0 Å². The lowest BCUT2D eigenvalue weighted by Crippen LogP contribution is -2.31. The van der Waals surface area contributed by atoms with Crippen LogP contribution in [0, 0.1) is 0 Å². The Morgan fingerprint density at radius 3 is 2.35 bits per heavy atom. The number of sulfone groups is 1. The molecule has 1 aliphatic carbocycles. The van der Waals surface area contributed by atoms with Crippen LogP contribution >= 0.6 is 0 Å². The van der Waals surface area contributed by atoms with E-state index in [2.05, 4.69) is 0 Å². The summed E-state index contributed by atoms with van der Waals surface area (Å²) in [6, 6.07) is 7.82. The molecule has 4 nitrogen and oxygen atoms in total. The van der Waals surface area contributed by atoms with Crippen molar-refractivity contribution < 1.29 is 18.6 Å². The number of hydrogen-bond donors (Lipinski definition) is 2. The monoisotopic (exact) mass is 252 g/mol. The van der Waals surface area contributed by atoms with Crippen molar-refractivity contribution in [2.24, 2.45) is 0 Å². The Morgan fingerprint density at radius 2 is 1.71 bits per heavy atom. The van der Waals surface area contributed by atoms with Gasteiger partial charge in [0.2, 0.25) is 9.84 Å². The predicted molar refractivity (Wildman–Crippen MR) is 62.9 cm³/mol. The maximum absolute atomic E-state index is 12.2. The van der Waals surface area contributed by atoms with Gasteiger partial charge >= 0.3 is 0 Å². The highest BCUT2D eigenvalue weighted by atomic mass is 32.2. The number of allylic oxidation sites excluding steroid dienone is 2. The van der Waals surface area contributed by atoms with Gasteiger partial charge < -0.3 is 10.2 Å². The lowest BCUT2D eigenvalue weighted by Gasteiger charge is -2.21. The molecular formula is C12H12O4S. The first-order valence-corrected chi connectivity index (χ1v) is 6.56. The van der Waals surface area contributed by atoms with Crippen molar-refractivity contribution in [2.45, 2.75) is 17.1 Å². The molecular weight excluding hydrogens is 240 g/mol. The summed E-state index contributed by atoms with van der Waals surface area (Å²) in [7, 11) is -3.74. The Labute approximate surface area is 99.4 Å². The first-order chi connectivity index (χ1) is 8.03. The number of aliphatic hydroxyl groups excluding tert-OH is 2. The topological polar surface area (TPSA) is 74.6 Å². The second kappa shape index (κ2) is 4.44. The van der Waals surface area contributed by atoms with Crippen LogP contribution in [0.25, 0.3) is 0 Å². The van der Waals surface area contributed by atoms with Crippen molar-refractivity contribution in [1.82, 2.24) is 0 Å². The minimum Gasteiger partial charge on any atom is -0.386 e. The smallest absolute Gasteiger partial charge is 0.205 e. The molecule has 2 atom stereocenters. The van der Waals surface area contributed by atoms with Gasteiger partial charge in [0.25, 0.3) is 0 Å². The minimum atomic E-state index is -3.74. The molecule has 0 saturated heterocycles. The highest BCUT2D eigenvalue weighted by Gasteiger charge is 2.31.